The molecule has 0 spiro atoms. The van der Waals surface area contributed by atoms with Crippen LogP contribution in [0.15, 0.2) is 12.1 Å². The summed E-state index contributed by atoms with van der Waals surface area (Å²) in [6.07, 6.45) is 3.19. The van der Waals surface area contributed by atoms with Crippen molar-refractivity contribution in [3.63, 3.8) is 0 Å². The fraction of sp³-hybridized carbons (Fsp3) is 0.455. The van der Waals surface area contributed by atoms with E-state index >= 15 is 0 Å². The molecule has 0 saturated carbocycles. The van der Waals surface area contributed by atoms with Crippen molar-refractivity contribution >= 4 is 22.6 Å². The summed E-state index contributed by atoms with van der Waals surface area (Å²) in [5.74, 6) is 0.986. The molecule has 0 heterocycles. The molecule has 2 nitrogen and oxygen atoms in total. The second-order valence-electron chi connectivity index (χ2n) is 3.76. The molecule has 1 atom stereocenters. The van der Waals surface area contributed by atoms with Crippen molar-refractivity contribution in [3.8, 4) is 5.75 Å². The molecule has 0 unspecified atom stereocenters. The monoisotopic (exact) mass is 303 g/mol. The average Bonchev–Trinajstić information content (AvgIpc) is 2.16. The highest BCUT2D eigenvalue weighted by Crippen LogP contribution is 2.29. The highest BCUT2D eigenvalue weighted by Gasteiger charge is 2.17. The fourth-order valence-electron chi connectivity index (χ4n) is 1.94. The summed E-state index contributed by atoms with van der Waals surface area (Å²) in [5.41, 5.74) is 8.74. The van der Waals surface area contributed by atoms with E-state index in [0.29, 0.717) is 6.04 Å². The molecule has 2 N–H and O–H groups in total. The summed E-state index contributed by atoms with van der Waals surface area (Å²) >= 11 is 2.31. The lowest BCUT2D eigenvalue weighted by Crippen LogP contribution is -2.27. The normalized spacial score (nSPS) is 20.4. The van der Waals surface area contributed by atoms with Gasteiger partial charge in [0, 0.05) is 6.04 Å². The molecule has 1 aromatic rings. The molecule has 0 radical (unpaired) electrons. The first-order chi connectivity index (χ1) is 6.70. The third-order valence-electron chi connectivity index (χ3n) is 2.74. The number of methoxy groups -OCH3 is 1. The Labute approximate surface area is 98.0 Å². The molecular formula is C11H14INO. The fourth-order valence-corrected chi connectivity index (χ4v) is 2.69. The lowest BCUT2D eigenvalue weighted by Gasteiger charge is -2.22. The standard InChI is InChI=1S/C11H14INO/c1-14-11-6-7-2-3-9(13)4-8(7)5-10(11)12/h5-6,9H,2-4,13H2,1H3/t9-/m0/s1. The zero-order valence-corrected chi connectivity index (χ0v) is 10.4. The Bertz CT molecular complexity index is 351. The zero-order valence-electron chi connectivity index (χ0n) is 8.22. The van der Waals surface area contributed by atoms with Crippen LogP contribution in [0.1, 0.15) is 17.5 Å². The summed E-state index contributed by atoms with van der Waals surface area (Å²) < 4.78 is 6.48. The maximum atomic E-state index is 5.94. The molecule has 0 bridgehead atoms. The number of hydrogen-bond donors (Lipinski definition) is 1. The quantitative estimate of drug-likeness (QED) is 0.807. The van der Waals surface area contributed by atoms with Crippen LogP contribution in [0.3, 0.4) is 0 Å². The molecule has 0 fully saturated rings. The summed E-state index contributed by atoms with van der Waals surface area (Å²) in [6.45, 7) is 0. The van der Waals surface area contributed by atoms with Gasteiger partial charge in [0.15, 0.2) is 0 Å². The number of rotatable bonds is 1. The van der Waals surface area contributed by atoms with Gasteiger partial charge < -0.3 is 10.5 Å². The van der Waals surface area contributed by atoms with Crippen LogP contribution >= 0.6 is 22.6 Å². The van der Waals surface area contributed by atoms with Crippen molar-refractivity contribution in [2.45, 2.75) is 25.3 Å². The van der Waals surface area contributed by atoms with Gasteiger partial charge in [0.25, 0.3) is 0 Å². The molecule has 0 aromatic heterocycles. The minimum atomic E-state index is 0.340. The van der Waals surface area contributed by atoms with Crippen molar-refractivity contribution in [2.75, 3.05) is 7.11 Å². The van der Waals surface area contributed by atoms with E-state index in [9.17, 15) is 0 Å². The van der Waals surface area contributed by atoms with Gasteiger partial charge in [0.1, 0.15) is 5.75 Å². The van der Waals surface area contributed by atoms with Crippen LogP contribution in [-0.2, 0) is 12.8 Å². The predicted octanol–water partition coefficient (Wildman–Crippen LogP) is 2.12. The van der Waals surface area contributed by atoms with E-state index in [2.05, 4.69) is 34.7 Å². The van der Waals surface area contributed by atoms with Crippen LogP contribution in [0, 0.1) is 3.57 Å². The van der Waals surface area contributed by atoms with Crippen molar-refractivity contribution in [1.82, 2.24) is 0 Å². The van der Waals surface area contributed by atoms with Crippen molar-refractivity contribution < 1.29 is 4.74 Å². The molecule has 0 aliphatic heterocycles. The minimum absolute atomic E-state index is 0.340. The third-order valence-corrected chi connectivity index (χ3v) is 3.58. The van der Waals surface area contributed by atoms with Gasteiger partial charge in [-0.1, -0.05) is 0 Å². The molecule has 76 valence electrons. The van der Waals surface area contributed by atoms with Gasteiger partial charge in [-0.2, -0.15) is 0 Å². The predicted molar refractivity (Wildman–Crippen MR) is 65.7 cm³/mol. The Hall–Kier alpha value is -0.290. The second kappa shape index (κ2) is 4.06. The van der Waals surface area contributed by atoms with Crippen LogP contribution in [-0.4, -0.2) is 13.2 Å². The Morgan fingerprint density at radius 3 is 2.93 bits per heavy atom. The number of nitrogens with two attached hydrogens (primary N) is 1. The Morgan fingerprint density at radius 2 is 2.21 bits per heavy atom. The maximum absolute atomic E-state index is 5.94. The molecule has 1 aliphatic rings. The van der Waals surface area contributed by atoms with Gasteiger partial charge in [0.05, 0.1) is 10.7 Å². The van der Waals surface area contributed by atoms with Crippen LogP contribution in [0.25, 0.3) is 0 Å². The minimum Gasteiger partial charge on any atom is -0.496 e. The molecular weight excluding hydrogens is 289 g/mol. The SMILES string of the molecule is COc1cc2c(cc1I)C[C@@H](N)CC2. The first-order valence-electron chi connectivity index (χ1n) is 4.81. The van der Waals surface area contributed by atoms with Crippen LogP contribution < -0.4 is 10.5 Å². The average molecular weight is 303 g/mol. The molecule has 1 aliphatic carbocycles. The Kier molecular flexibility index (Phi) is 2.97. The van der Waals surface area contributed by atoms with E-state index in [0.717, 1.165) is 25.0 Å². The van der Waals surface area contributed by atoms with Crippen molar-refractivity contribution in [3.05, 3.63) is 26.8 Å². The van der Waals surface area contributed by atoms with Gasteiger partial charge in [-0.15, -0.1) is 0 Å². The Balaban J connectivity index is 2.40. The third kappa shape index (κ3) is 1.88. The van der Waals surface area contributed by atoms with E-state index in [4.69, 9.17) is 10.5 Å². The van der Waals surface area contributed by atoms with Gasteiger partial charge in [-0.3, -0.25) is 0 Å². The highest BCUT2D eigenvalue weighted by molar-refractivity contribution is 14.1. The molecule has 14 heavy (non-hydrogen) atoms. The molecule has 1 aromatic carbocycles. The molecule has 0 saturated heterocycles. The zero-order chi connectivity index (χ0) is 10.1. The molecule has 3 heteroatoms. The Morgan fingerprint density at radius 1 is 1.43 bits per heavy atom. The number of benzene rings is 1. The number of aryl methyl sites for hydroxylation is 1. The lowest BCUT2D eigenvalue weighted by molar-refractivity contribution is 0.410. The first-order valence-corrected chi connectivity index (χ1v) is 5.89. The number of hydrogen-bond acceptors (Lipinski definition) is 2. The van der Waals surface area contributed by atoms with Gasteiger partial charge >= 0.3 is 0 Å². The van der Waals surface area contributed by atoms with E-state index < -0.39 is 0 Å². The number of ether oxygens (including phenoxy) is 1. The number of fused-ring (bicyclic) bond motifs is 1. The van der Waals surface area contributed by atoms with Crippen LogP contribution in [0.4, 0.5) is 0 Å². The molecule has 2 rings (SSSR count). The van der Waals surface area contributed by atoms with Gasteiger partial charge in [-0.25, -0.2) is 0 Å². The van der Waals surface area contributed by atoms with Crippen LogP contribution in [0.2, 0.25) is 0 Å². The van der Waals surface area contributed by atoms with Crippen molar-refractivity contribution in [1.29, 1.82) is 0 Å². The second-order valence-corrected chi connectivity index (χ2v) is 4.92. The first kappa shape index (κ1) is 10.2. The summed E-state index contributed by atoms with van der Waals surface area (Å²) in [4.78, 5) is 0. The highest BCUT2D eigenvalue weighted by atomic mass is 127. The van der Waals surface area contributed by atoms with E-state index in [-0.39, 0.29) is 0 Å². The summed E-state index contributed by atoms with van der Waals surface area (Å²) in [7, 11) is 1.72. The van der Waals surface area contributed by atoms with Gasteiger partial charge in [-0.05, 0) is 65.1 Å². The smallest absolute Gasteiger partial charge is 0.132 e. The summed E-state index contributed by atoms with van der Waals surface area (Å²) in [6, 6.07) is 4.70. The van der Waals surface area contributed by atoms with E-state index in [1.54, 1.807) is 7.11 Å². The van der Waals surface area contributed by atoms with Crippen LogP contribution in [0.5, 0.6) is 5.75 Å². The molecule has 0 amide bonds. The number of halogens is 1. The van der Waals surface area contributed by atoms with Crippen molar-refractivity contribution in [2.24, 2.45) is 5.73 Å². The van der Waals surface area contributed by atoms with E-state index in [1.165, 1.54) is 14.7 Å². The largest absolute Gasteiger partial charge is 0.496 e. The van der Waals surface area contributed by atoms with E-state index in [1.807, 2.05) is 0 Å². The summed E-state index contributed by atoms with van der Waals surface area (Å²) in [5, 5.41) is 0. The van der Waals surface area contributed by atoms with Gasteiger partial charge in [0.2, 0.25) is 0 Å². The lowest BCUT2D eigenvalue weighted by atomic mass is 9.89. The maximum Gasteiger partial charge on any atom is 0.132 e. The topological polar surface area (TPSA) is 35.2 Å².